The predicted octanol–water partition coefficient (Wildman–Crippen LogP) is 2.60. The molecule has 0 spiro atoms. The van der Waals surface area contributed by atoms with E-state index in [1.807, 2.05) is 41.8 Å². The van der Waals surface area contributed by atoms with Gasteiger partial charge in [-0.3, -0.25) is 4.79 Å². The third kappa shape index (κ3) is 2.67. The number of nitrogens with one attached hydrogen (secondary N) is 1. The second-order valence-electron chi connectivity index (χ2n) is 5.71. The molecule has 1 atom stereocenters. The SMILES string of the molecule is CC(NC(=O)c1ccc2nccn2c1)c1ccc2c(c1)OCCO2. The van der Waals surface area contributed by atoms with Crippen molar-refractivity contribution in [3.05, 3.63) is 60.0 Å². The molecule has 3 heterocycles. The molecule has 0 saturated carbocycles. The summed E-state index contributed by atoms with van der Waals surface area (Å²) >= 11 is 0. The van der Waals surface area contributed by atoms with Crippen LogP contribution in [0.4, 0.5) is 0 Å². The van der Waals surface area contributed by atoms with E-state index in [2.05, 4.69) is 10.3 Å². The first-order valence-electron chi connectivity index (χ1n) is 7.84. The van der Waals surface area contributed by atoms with Crippen LogP contribution in [0.25, 0.3) is 5.65 Å². The molecule has 0 saturated heterocycles. The van der Waals surface area contributed by atoms with Gasteiger partial charge in [0.25, 0.3) is 5.91 Å². The van der Waals surface area contributed by atoms with E-state index in [0.29, 0.717) is 18.8 Å². The zero-order chi connectivity index (χ0) is 16.5. The zero-order valence-electron chi connectivity index (χ0n) is 13.2. The Hall–Kier alpha value is -3.02. The summed E-state index contributed by atoms with van der Waals surface area (Å²) in [4.78, 5) is 16.7. The lowest BCUT2D eigenvalue weighted by Crippen LogP contribution is -2.27. The molecule has 6 heteroatoms. The van der Waals surface area contributed by atoms with Crippen molar-refractivity contribution < 1.29 is 14.3 Å². The van der Waals surface area contributed by atoms with Crippen LogP contribution in [0.2, 0.25) is 0 Å². The fourth-order valence-electron chi connectivity index (χ4n) is 2.75. The first-order valence-corrected chi connectivity index (χ1v) is 7.84. The Morgan fingerprint density at radius 3 is 2.92 bits per heavy atom. The van der Waals surface area contributed by atoms with E-state index in [4.69, 9.17) is 9.47 Å². The number of hydrogen-bond acceptors (Lipinski definition) is 4. The van der Waals surface area contributed by atoms with Gasteiger partial charge in [-0.2, -0.15) is 0 Å². The zero-order valence-corrected chi connectivity index (χ0v) is 13.2. The third-order valence-corrected chi connectivity index (χ3v) is 4.06. The van der Waals surface area contributed by atoms with Crippen LogP contribution in [0.15, 0.2) is 48.9 Å². The number of carbonyl (C=O) groups excluding carboxylic acids is 1. The first kappa shape index (κ1) is 14.6. The fraction of sp³-hybridized carbons (Fsp3) is 0.222. The number of hydrogen-bond donors (Lipinski definition) is 1. The number of ether oxygens (including phenoxy) is 2. The number of rotatable bonds is 3. The number of imidazole rings is 1. The summed E-state index contributed by atoms with van der Waals surface area (Å²) in [7, 11) is 0. The minimum atomic E-state index is -0.146. The van der Waals surface area contributed by atoms with E-state index in [1.54, 1.807) is 18.5 Å². The molecule has 0 aliphatic carbocycles. The lowest BCUT2D eigenvalue weighted by Gasteiger charge is -2.21. The van der Waals surface area contributed by atoms with Gasteiger partial charge in [-0.1, -0.05) is 6.07 Å². The molecule has 1 aromatic carbocycles. The first-order chi connectivity index (χ1) is 11.7. The number of benzene rings is 1. The summed E-state index contributed by atoms with van der Waals surface area (Å²) < 4.78 is 12.9. The Balaban J connectivity index is 1.52. The molecule has 1 N–H and O–H groups in total. The average Bonchev–Trinajstić information content (AvgIpc) is 3.08. The molecule has 0 bridgehead atoms. The lowest BCUT2D eigenvalue weighted by atomic mass is 10.1. The van der Waals surface area contributed by atoms with Gasteiger partial charge >= 0.3 is 0 Å². The Bertz CT molecular complexity index is 903. The molecule has 3 aromatic rings. The number of pyridine rings is 1. The highest BCUT2D eigenvalue weighted by atomic mass is 16.6. The normalized spacial score (nSPS) is 14.4. The Kier molecular flexibility index (Phi) is 3.57. The molecule has 1 aliphatic heterocycles. The summed E-state index contributed by atoms with van der Waals surface area (Å²) in [5.41, 5.74) is 2.37. The van der Waals surface area contributed by atoms with Crippen LogP contribution in [-0.4, -0.2) is 28.5 Å². The van der Waals surface area contributed by atoms with Crippen molar-refractivity contribution in [1.82, 2.24) is 14.7 Å². The smallest absolute Gasteiger partial charge is 0.253 e. The van der Waals surface area contributed by atoms with Crippen LogP contribution < -0.4 is 14.8 Å². The van der Waals surface area contributed by atoms with Gasteiger partial charge in [-0.05, 0) is 36.8 Å². The van der Waals surface area contributed by atoms with Gasteiger partial charge in [0.1, 0.15) is 18.9 Å². The van der Waals surface area contributed by atoms with Gasteiger partial charge in [0, 0.05) is 18.6 Å². The van der Waals surface area contributed by atoms with Crippen LogP contribution in [0.3, 0.4) is 0 Å². The van der Waals surface area contributed by atoms with Crippen LogP contribution in [-0.2, 0) is 0 Å². The van der Waals surface area contributed by atoms with Crippen molar-refractivity contribution >= 4 is 11.6 Å². The van der Waals surface area contributed by atoms with Crippen LogP contribution >= 0.6 is 0 Å². The van der Waals surface area contributed by atoms with Crippen molar-refractivity contribution in [2.75, 3.05) is 13.2 Å². The second-order valence-corrected chi connectivity index (χ2v) is 5.71. The number of aromatic nitrogens is 2. The quantitative estimate of drug-likeness (QED) is 0.805. The van der Waals surface area contributed by atoms with Gasteiger partial charge in [-0.15, -0.1) is 0 Å². The predicted molar refractivity (Wildman–Crippen MR) is 88.5 cm³/mol. The van der Waals surface area contributed by atoms with Crippen molar-refractivity contribution in [3.63, 3.8) is 0 Å². The maximum absolute atomic E-state index is 12.5. The molecule has 0 fully saturated rings. The number of nitrogens with zero attached hydrogens (tertiary/aromatic N) is 2. The minimum Gasteiger partial charge on any atom is -0.486 e. The molecular weight excluding hydrogens is 306 g/mol. The molecule has 1 amide bonds. The van der Waals surface area contributed by atoms with E-state index >= 15 is 0 Å². The summed E-state index contributed by atoms with van der Waals surface area (Å²) in [6.45, 7) is 3.05. The standard InChI is InChI=1S/C18H17N3O3/c1-12(13-2-4-15-16(10-13)24-9-8-23-15)20-18(22)14-3-5-17-19-6-7-21(17)11-14/h2-7,10-12H,8-9H2,1H3,(H,20,22). The molecule has 6 nitrogen and oxygen atoms in total. The van der Waals surface area contributed by atoms with Crippen molar-refractivity contribution in [2.24, 2.45) is 0 Å². The van der Waals surface area contributed by atoms with Crippen LogP contribution in [0, 0.1) is 0 Å². The van der Waals surface area contributed by atoms with Crippen LogP contribution in [0.5, 0.6) is 11.5 Å². The van der Waals surface area contributed by atoms with Gasteiger partial charge in [0.2, 0.25) is 0 Å². The van der Waals surface area contributed by atoms with E-state index in [9.17, 15) is 4.79 Å². The van der Waals surface area contributed by atoms with E-state index in [-0.39, 0.29) is 11.9 Å². The molecule has 122 valence electrons. The maximum Gasteiger partial charge on any atom is 0.253 e. The average molecular weight is 323 g/mol. The Morgan fingerprint density at radius 2 is 2.04 bits per heavy atom. The monoisotopic (exact) mass is 323 g/mol. The van der Waals surface area contributed by atoms with Crippen molar-refractivity contribution in [1.29, 1.82) is 0 Å². The summed E-state index contributed by atoms with van der Waals surface area (Å²) in [5.74, 6) is 1.33. The molecule has 24 heavy (non-hydrogen) atoms. The van der Waals surface area contributed by atoms with Crippen LogP contribution in [0.1, 0.15) is 28.9 Å². The Labute approximate surface area is 139 Å². The van der Waals surface area contributed by atoms with E-state index in [1.165, 1.54) is 0 Å². The largest absolute Gasteiger partial charge is 0.486 e. The highest BCUT2D eigenvalue weighted by molar-refractivity contribution is 5.94. The highest BCUT2D eigenvalue weighted by Gasteiger charge is 2.16. The number of amides is 1. The van der Waals surface area contributed by atoms with Gasteiger partial charge in [0.05, 0.1) is 11.6 Å². The second kappa shape index (κ2) is 5.88. The molecular formula is C18H17N3O3. The molecule has 2 aromatic heterocycles. The summed E-state index contributed by atoms with van der Waals surface area (Å²) in [5, 5.41) is 3.01. The van der Waals surface area contributed by atoms with Gasteiger partial charge < -0.3 is 19.2 Å². The van der Waals surface area contributed by atoms with Gasteiger partial charge in [0.15, 0.2) is 11.5 Å². The number of fused-ring (bicyclic) bond motifs is 2. The number of carbonyl (C=O) groups is 1. The Morgan fingerprint density at radius 1 is 1.21 bits per heavy atom. The molecule has 1 aliphatic rings. The van der Waals surface area contributed by atoms with Gasteiger partial charge in [-0.25, -0.2) is 4.98 Å². The molecule has 0 radical (unpaired) electrons. The highest BCUT2D eigenvalue weighted by Crippen LogP contribution is 2.32. The summed E-state index contributed by atoms with van der Waals surface area (Å²) in [6.07, 6.45) is 5.29. The van der Waals surface area contributed by atoms with E-state index < -0.39 is 0 Å². The minimum absolute atomic E-state index is 0.131. The van der Waals surface area contributed by atoms with E-state index in [0.717, 1.165) is 22.7 Å². The van der Waals surface area contributed by atoms with Crippen molar-refractivity contribution in [3.8, 4) is 11.5 Å². The fourth-order valence-corrected chi connectivity index (χ4v) is 2.75. The topological polar surface area (TPSA) is 64.9 Å². The maximum atomic E-state index is 12.5. The summed E-state index contributed by atoms with van der Waals surface area (Å²) in [6, 6.07) is 9.18. The van der Waals surface area contributed by atoms with Crippen molar-refractivity contribution in [2.45, 2.75) is 13.0 Å². The molecule has 4 rings (SSSR count). The lowest BCUT2D eigenvalue weighted by molar-refractivity contribution is 0.0939. The molecule has 1 unspecified atom stereocenters. The third-order valence-electron chi connectivity index (χ3n) is 4.06.